The van der Waals surface area contributed by atoms with E-state index in [1.807, 2.05) is 25.2 Å². The van der Waals surface area contributed by atoms with Crippen LogP contribution in [0.3, 0.4) is 0 Å². The number of guanidine groups is 1. The van der Waals surface area contributed by atoms with Gasteiger partial charge in [0.05, 0.1) is 6.10 Å². The third-order valence-electron chi connectivity index (χ3n) is 7.17. The quantitative estimate of drug-likeness (QED) is 0.342. The molecule has 3 N–H and O–H groups in total. The molecule has 4 unspecified atom stereocenters. The van der Waals surface area contributed by atoms with E-state index in [1.54, 1.807) is 0 Å². The number of nitrogens with one attached hydrogen (secondary N) is 3. The average Bonchev–Trinajstić information content (AvgIpc) is 3.05. The number of hydrogen-bond donors (Lipinski definition) is 3. The lowest BCUT2D eigenvalue weighted by molar-refractivity contribution is -0.171. The van der Waals surface area contributed by atoms with Crippen molar-refractivity contribution in [3.63, 3.8) is 0 Å². The Morgan fingerprint density at radius 3 is 2.93 bits per heavy atom. The lowest BCUT2D eigenvalue weighted by atomic mass is 9.46. The Bertz CT molecular complexity index is 779. The molecule has 4 aliphatic rings. The van der Waals surface area contributed by atoms with Gasteiger partial charge in [-0.3, -0.25) is 9.79 Å². The van der Waals surface area contributed by atoms with Crippen molar-refractivity contribution >= 4 is 41.5 Å². The fraction of sp³-hybridized carbons (Fsp3) is 0.619. The van der Waals surface area contributed by atoms with E-state index in [1.165, 1.54) is 24.8 Å². The number of benzene rings is 1. The van der Waals surface area contributed by atoms with Crippen LogP contribution < -0.4 is 16.0 Å². The van der Waals surface area contributed by atoms with Crippen LogP contribution in [-0.4, -0.2) is 44.2 Å². The van der Waals surface area contributed by atoms with Crippen molar-refractivity contribution in [1.82, 2.24) is 10.6 Å². The molecule has 0 bridgehead atoms. The molecule has 5 rings (SSSR count). The highest BCUT2D eigenvalue weighted by Gasteiger charge is 2.66. The van der Waals surface area contributed by atoms with E-state index < -0.39 is 0 Å². The molecule has 7 heteroatoms. The van der Waals surface area contributed by atoms with Crippen molar-refractivity contribution in [2.75, 3.05) is 25.5 Å². The first-order valence-electron chi connectivity index (χ1n) is 10.2. The van der Waals surface area contributed by atoms with Crippen LogP contribution in [0.1, 0.15) is 43.6 Å². The van der Waals surface area contributed by atoms with Crippen molar-refractivity contribution < 1.29 is 9.53 Å². The molecule has 1 spiro atoms. The monoisotopic (exact) mass is 496 g/mol. The van der Waals surface area contributed by atoms with Crippen molar-refractivity contribution in [3.05, 3.63) is 29.8 Å². The van der Waals surface area contributed by atoms with Crippen LogP contribution in [0, 0.1) is 11.3 Å². The van der Waals surface area contributed by atoms with Gasteiger partial charge in [-0.25, -0.2) is 0 Å². The Balaban J connectivity index is 0.00000192. The third-order valence-corrected chi connectivity index (χ3v) is 7.17. The minimum Gasteiger partial charge on any atom is -0.377 e. The van der Waals surface area contributed by atoms with Gasteiger partial charge in [0.1, 0.15) is 0 Å². The van der Waals surface area contributed by atoms with E-state index in [0.717, 1.165) is 24.7 Å². The number of carbonyl (C=O) groups is 1. The highest BCUT2D eigenvalue weighted by Crippen LogP contribution is 2.62. The molecule has 2 aliphatic carbocycles. The summed E-state index contributed by atoms with van der Waals surface area (Å²) in [7, 11) is 1.83. The molecular formula is C21H29IN4O2. The summed E-state index contributed by atoms with van der Waals surface area (Å²) >= 11 is 0. The fourth-order valence-corrected chi connectivity index (χ4v) is 5.70. The summed E-state index contributed by atoms with van der Waals surface area (Å²) in [5.74, 6) is 1.71. The first-order chi connectivity index (χ1) is 13.2. The number of halogens is 1. The van der Waals surface area contributed by atoms with E-state index in [2.05, 4.69) is 27.0 Å². The van der Waals surface area contributed by atoms with Crippen LogP contribution in [0.15, 0.2) is 29.3 Å². The van der Waals surface area contributed by atoms with Gasteiger partial charge in [0, 0.05) is 55.6 Å². The van der Waals surface area contributed by atoms with Gasteiger partial charge in [-0.05, 0) is 30.9 Å². The second-order valence-corrected chi connectivity index (χ2v) is 8.44. The normalized spacial score (nSPS) is 32.2. The second kappa shape index (κ2) is 7.82. The molecule has 2 saturated carbocycles. The number of ether oxygens (including phenoxy) is 1. The number of fused-ring (bicyclic) bond motifs is 3. The van der Waals surface area contributed by atoms with Crippen molar-refractivity contribution in [3.8, 4) is 0 Å². The van der Waals surface area contributed by atoms with Gasteiger partial charge in [-0.2, -0.15) is 0 Å². The maximum Gasteiger partial charge on any atom is 0.225 e. The Morgan fingerprint density at radius 1 is 1.36 bits per heavy atom. The van der Waals surface area contributed by atoms with Gasteiger partial charge in [0.2, 0.25) is 5.91 Å². The Labute approximate surface area is 183 Å². The van der Waals surface area contributed by atoms with Gasteiger partial charge in [0.25, 0.3) is 0 Å². The number of rotatable bonds is 3. The molecule has 1 amide bonds. The summed E-state index contributed by atoms with van der Waals surface area (Å²) in [6, 6.07) is 8.54. The van der Waals surface area contributed by atoms with Crippen molar-refractivity contribution in [2.45, 2.75) is 50.2 Å². The molecule has 1 aromatic carbocycles. The molecule has 4 atom stereocenters. The zero-order valence-corrected chi connectivity index (χ0v) is 18.6. The first-order valence-corrected chi connectivity index (χ1v) is 10.2. The second-order valence-electron chi connectivity index (χ2n) is 8.44. The highest BCUT2D eigenvalue weighted by molar-refractivity contribution is 14.0. The van der Waals surface area contributed by atoms with Crippen LogP contribution in [0.2, 0.25) is 0 Å². The molecule has 3 fully saturated rings. The molecule has 152 valence electrons. The molecule has 6 nitrogen and oxygen atoms in total. The SMILES string of the molecule is CN=C(NCC1CC(=O)Nc2ccccc21)NC1C2CCOC2C12CCC2.I. The van der Waals surface area contributed by atoms with E-state index in [-0.39, 0.29) is 35.8 Å². The third kappa shape index (κ3) is 3.10. The molecule has 1 saturated heterocycles. The Kier molecular flexibility index (Phi) is 5.57. The molecule has 2 aliphatic heterocycles. The minimum absolute atomic E-state index is 0. The minimum atomic E-state index is 0. The maximum absolute atomic E-state index is 12.0. The maximum atomic E-state index is 12.0. The van der Waals surface area contributed by atoms with Gasteiger partial charge in [0.15, 0.2) is 5.96 Å². The van der Waals surface area contributed by atoms with Crippen LogP contribution >= 0.6 is 24.0 Å². The number of amides is 1. The van der Waals surface area contributed by atoms with Crippen LogP contribution in [0.5, 0.6) is 0 Å². The average molecular weight is 496 g/mol. The standard InChI is InChI=1S/C21H28N4O2.HI/c1-22-20(25-18-15-7-10-27-19(15)21(18)8-4-9-21)23-12-13-11-17(26)24-16-6-3-2-5-14(13)16;/h2-3,5-6,13,15,18-19H,4,7-12H2,1H3,(H,24,26)(H2,22,23,25);1H. The molecule has 0 aromatic heterocycles. The number of para-hydroxylation sites is 1. The van der Waals surface area contributed by atoms with Crippen LogP contribution in [0.4, 0.5) is 5.69 Å². The van der Waals surface area contributed by atoms with E-state index in [0.29, 0.717) is 36.4 Å². The summed E-state index contributed by atoms with van der Waals surface area (Å²) in [6.07, 6.45) is 5.95. The van der Waals surface area contributed by atoms with Crippen LogP contribution in [0.25, 0.3) is 0 Å². The number of hydrogen-bond acceptors (Lipinski definition) is 3. The summed E-state index contributed by atoms with van der Waals surface area (Å²) in [6.45, 7) is 1.60. The van der Waals surface area contributed by atoms with E-state index >= 15 is 0 Å². The van der Waals surface area contributed by atoms with Gasteiger partial charge < -0.3 is 20.7 Å². The number of nitrogens with zero attached hydrogens (tertiary/aromatic N) is 1. The lowest BCUT2D eigenvalue weighted by Crippen LogP contribution is -2.72. The first kappa shape index (κ1) is 19.9. The lowest BCUT2D eigenvalue weighted by Gasteiger charge is -2.63. The van der Waals surface area contributed by atoms with Gasteiger partial charge in [-0.1, -0.05) is 24.6 Å². The molecule has 2 heterocycles. The van der Waals surface area contributed by atoms with Gasteiger partial charge >= 0.3 is 0 Å². The highest BCUT2D eigenvalue weighted by atomic mass is 127. The smallest absolute Gasteiger partial charge is 0.225 e. The van der Waals surface area contributed by atoms with Crippen molar-refractivity contribution in [2.24, 2.45) is 16.3 Å². The zero-order chi connectivity index (χ0) is 18.4. The fourth-order valence-electron chi connectivity index (χ4n) is 5.70. The molecular weight excluding hydrogens is 467 g/mol. The van der Waals surface area contributed by atoms with E-state index in [4.69, 9.17) is 4.74 Å². The molecule has 0 radical (unpaired) electrons. The summed E-state index contributed by atoms with van der Waals surface area (Å²) < 4.78 is 6.02. The summed E-state index contributed by atoms with van der Waals surface area (Å²) in [5.41, 5.74) is 2.46. The number of aliphatic imine (C=N–C) groups is 1. The molecule has 1 aromatic rings. The van der Waals surface area contributed by atoms with Crippen molar-refractivity contribution in [1.29, 1.82) is 0 Å². The summed E-state index contributed by atoms with van der Waals surface area (Å²) in [4.78, 5) is 16.5. The Hall–Kier alpha value is -1.35. The Morgan fingerprint density at radius 2 is 2.18 bits per heavy atom. The van der Waals surface area contributed by atoms with Crippen LogP contribution in [-0.2, 0) is 9.53 Å². The molecule has 28 heavy (non-hydrogen) atoms. The topological polar surface area (TPSA) is 74.8 Å². The van der Waals surface area contributed by atoms with E-state index in [9.17, 15) is 4.79 Å². The largest absolute Gasteiger partial charge is 0.377 e. The zero-order valence-electron chi connectivity index (χ0n) is 16.2. The van der Waals surface area contributed by atoms with Gasteiger partial charge in [-0.15, -0.1) is 24.0 Å². The number of anilines is 1. The summed E-state index contributed by atoms with van der Waals surface area (Å²) in [5, 5.41) is 10.2. The predicted molar refractivity (Wildman–Crippen MR) is 120 cm³/mol. The predicted octanol–water partition coefficient (Wildman–Crippen LogP) is 2.85. The number of carbonyl (C=O) groups excluding carboxylic acids is 1.